The Balaban J connectivity index is 1.41. The number of benzene rings is 2. The van der Waals surface area contributed by atoms with E-state index in [1.807, 2.05) is 0 Å². The standard InChI is InChI=1S/2C16H19.2C7H7.Ti/c2*1-2-7-13(8-3-1)15-11-6-12-16(15)14-9-4-5-10-14;2*1-7-5-3-2-4-6-7;/h2*4,6,9,11,13H,1-3,5,7-8,12H2;2*3-6H,1H3;. The molecule has 0 amide bonds. The van der Waals surface area contributed by atoms with Crippen molar-refractivity contribution in [3.8, 4) is 0 Å². The molecule has 0 aromatic heterocycles. The second kappa shape index (κ2) is 13.5. The Bertz CT molecular complexity index is 1630. The van der Waals surface area contributed by atoms with Crippen LogP contribution in [0, 0.1) is 25.7 Å². The molecule has 2 aromatic rings. The molecule has 0 atom stereocenters. The van der Waals surface area contributed by atoms with Crippen LogP contribution >= 0.6 is 0 Å². The third kappa shape index (κ3) is 5.68. The molecule has 2 saturated carbocycles. The van der Waals surface area contributed by atoms with E-state index in [-0.39, 0.29) is 0 Å². The first kappa shape index (κ1) is 31.3. The zero-order chi connectivity index (χ0) is 31.8. The Morgan fingerprint density at radius 2 is 0.830 bits per heavy atom. The number of hydrogen-bond donors (Lipinski definition) is 0. The monoisotopic (exact) mass is 652 g/mol. The van der Waals surface area contributed by atoms with Gasteiger partial charge < -0.3 is 0 Å². The van der Waals surface area contributed by atoms with E-state index in [0.717, 1.165) is 37.5 Å². The molecule has 0 bridgehead atoms. The quantitative estimate of drug-likeness (QED) is 0.249. The molecule has 240 valence electrons. The van der Waals surface area contributed by atoms with E-state index in [2.05, 4.69) is 111 Å². The average Bonchev–Trinajstić information content (AvgIpc) is 3.94. The summed E-state index contributed by atoms with van der Waals surface area (Å²) in [6.45, 7) is 4.51. The van der Waals surface area contributed by atoms with Crippen molar-refractivity contribution in [2.45, 2.75) is 104 Å². The molecule has 1 heteroatoms. The van der Waals surface area contributed by atoms with Gasteiger partial charge in [-0.1, -0.05) is 0 Å². The van der Waals surface area contributed by atoms with Crippen molar-refractivity contribution in [3.63, 3.8) is 0 Å². The van der Waals surface area contributed by atoms with Crippen molar-refractivity contribution < 1.29 is 16.6 Å². The molecule has 2 aromatic carbocycles. The van der Waals surface area contributed by atoms with Crippen molar-refractivity contribution in [1.29, 1.82) is 0 Å². The molecule has 8 rings (SSSR count). The predicted octanol–water partition coefficient (Wildman–Crippen LogP) is 11.5. The Hall–Kier alpha value is -2.93. The van der Waals surface area contributed by atoms with Gasteiger partial charge in [0, 0.05) is 0 Å². The predicted molar refractivity (Wildman–Crippen MR) is 198 cm³/mol. The summed E-state index contributed by atoms with van der Waals surface area (Å²) < 4.78 is 6.80. The summed E-state index contributed by atoms with van der Waals surface area (Å²) in [7, 11) is 0. The van der Waals surface area contributed by atoms with Crippen molar-refractivity contribution >= 4 is 7.74 Å². The van der Waals surface area contributed by atoms with Crippen LogP contribution in [0.1, 0.15) is 101 Å². The summed E-state index contributed by atoms with van der Waals surface area (Å²) in [5, 5.41) is 0. The first-order valence-corrected chi connectivity index (χ1v) is 22.0. The van der Waals surface area contributed by atoms with Gasteiger partial charge in [-0.3, -0.25) is 0 Å². The van der Waals surface area contributed by atoms with E-state index < -0.39 is 16.6 Å². The number of allylic oxidation sites excluding steroid dienone is 16. The summed E-state index contributed by atoms with van der Waals surface area (Å²) in [6.07, 6.45) is 38.4. The molecular weight excluding hydrogens is 600 g/mol. The van der Waals surface area contributed by atoms with E-state index in [1.165, 1.54) is 75.3 Å². The molecule has 0 saturated heterocycles. The molecule has 0 spiro atoms. The van der Waals surface area contributed by atoms with Crippen LogP contribution in [0.15, 0.2) is 138 Å². The van der Waals surface area contributed by atoms with Crippen molar-refractivity contribution in [2.75, 3.05) is 0 Å². The molecule has 47 heavy (non-hydrogen) atoms. The Morgan fingerprint density at radius 1 is 0.447 bits per heavy atom. The minimum atomic E-state index is -3.44. The fourth-order valence-corrected chi connectivity index (χ4v) is 18.8. The van der Waals surface area contributed by atoms with E-state index in [1.54, 1.807) is 48.9 Å². The van der Waals surface area contributed by atoms with Gasteiger partial charge in [-0.05, 0) is 0 Å². The molecule has 2 fully saturated rings. The molecule has 0 radical (unpaired) electrons. The Kier molecular flexibility index (Phi) is 9.02. The van der Waals surface area contributed by atoms with Crippen LogP contribution in [0.25, 0.3) is 0 Å². The summed E-state index contributed by atoms with van der Waals surface area (Å²) in [6, 6.07) is 19.8. The van der Waals surface area contributed by atoms with Crippen LogP contribution in [0.3, 0.4) is 0 Å². The average molecular weight is 653 g/mol. The summed E-state index contributed by atoms with van der Waals surface area (Å²) in [5.74, 6) is 1.47. The SMILES string of the molecule is Cc1cc[c]([Ti]([C]2=C(C3=C(C4CCCCC4)C=CC3)C=CC2)([C]2=C(C3=C(C4CCCCC4)C=CC3)C=CC2)[c]2ccc(C)cc2)cc1. The minimum absolute atomic E-state index is 0.733. The van der Waals surface area contributed by atoms with Gasteiger partial charge in [0.15, 0.2) is 0 Å². The fourth-order valence-electron chi connectivity index (χ4n) is 10.1. The van der Waals surface area contributed by atoms with Crippen LogP contribution in [-0.2, 0) is 16.6 Å². The van der Waals surface area contributed by atoms with Gasteiger partial charge in [-0.25, -0.2) is 0 Å². The van der Waals surface area contributed by atoms with E-state index in [0.29, 0.717) is 0 Å². The van der Waals surface area contributed by atoms with Crippen LogP contribution < -0.4 is 7.74 Å². The summed E-state index contributed by atoms with van der Waals surface area (Å²) >= 11 is -3.44. The molecule has 0 unspecified atom stereocenters. The zero-order valence-electron chi connectivity index (χ0n) is 28.8. The summed E-state index contributed by atoms with van der Waals surface area (Å²) in [4.78, 5) is 0. The van der Waals surface area contributed by atoms with Crippen molar-refractivity contribution in [2.24, 2.45) is 11.8 Å². The van der Waals surface area contributed by atoms with E-state index in [4.69, 9.17) is 0 Å². The van der Waals surface area contributed by atoms with Crippen LogP contribution in [0.2, 0.25) is 0 Å². The van der Waals surface area contributed by atoms with Crippen molar-refractivity contribution in [1.82, 2.24) is 0 Å². The number of aryl methyl sites for hydroxylation is 2. The number of hydrogen-bond acceptors (Lipinski definition) is 0. The van der Waals surface area contributed by atoms with Crippen LogP contribution in [-0.4, -0.2) is 0 Å². The third-order valence-corrected chi connectivity index (χ3v) is 20.5. The Morgan fingerprint density at radius 3 is 1.23 bits per heavy atom. The fraction of sp³-hybridized carbons (Fsp3) is 0.391. The summed E-state index contributed by atoms with van der Waals surface area (Å²) in [5.41, 5.74) is 12.6. The van der Waals surface area contributed by atoms with Crippen LogP contribution in [0.4, 0.5) is 0 Å². The maximum absolute atomic E-state index is 3.44. The second-order valence-corrected chi connectivity index (χ2v) is 21.3. The molecule has 0 N–H and O–H groups in total. The van der Waals surface area contributed by atoms with Gasteiger partial charge in [-0.2, -0.15) is 0 Å². The van der Waals surface area contributed by atoms with E-state index in [9.17, 15) is 0 Å². The molecule has 0 heterocycles. The second-order valence-electron chi connectivity index (χ2n) is 15.2. The molecule has 6 aliphatic rings. The maximum atomic E-state index is 2.56. The van der Waals surface area contributed by atoms with Gasteiger partial charge >= 0.3 is 289 Å². The molecule has 6 aliphatic carbocycles. The van der Waals surface area contributed by atoms with Gasteiger partial charge in [0.2, 0.25) is 0 Å². The Labute approximate surface area is 287 Å². The van der Waals surface area contributed by atoms with Crippen LogP contribution in [0.5, 0.6) is 0 Å². The van der Waals surface area contributed by atoms with Gasteiger partial charge in [0.25, 0.3) is 0 Å². The zero-order valence-corrected chi connectivity index (χ0v) is 30.4. The normalized spacial score (nSPS) is 22.3. The molecular formula is C46H52Ti. The first-order valence-electron chi connectivity index (χ1n) is 18.9. The van der Waals surface area contributed by atoms with Gasteiger partial charge in [0.05, 0.1) is 0 Å². The topological polar surface area (TPSA) is 0 Å². The van der Waals surface area contributed by atoms with Gasteiger partial charge in [0.1, 0.15) is 0 Å². The van der Waals surface area contributed by atoms with Crippen molar-refractivity contribution in [3.05, 3.63) is 149 Å². The number of rotatable bonds is 8. The van der Waals surface area contributed by atoms with Gasteiger partial charge in [-0.15, -0.1) is 0 Å². The molecule has 0 nitrogen and oxygen atoms in total. The molecule has 0 aliphatic heterocycles. The van der Waals surface area contributed by atoms with E-state index >= 15 is 0 Å². The first-order chi connectivity index (χ1) is 23.1. The third-order valence-electron chi connectivity index (χ3n) is 12.4.